The lowest BCUT2D eigenvalue weighted by Crippen LogP contribution is -2.39. The fourth-order valence-electron chi connectivity index (χ4n) is 2.68. The summed E-state index contributed by atoms with van der Waals surface area (Å²) in [6.45, 7) is 2.53. The molecular weight excluding hydrogens is 308 g/mol. The van der Waals surface area contributed by atoms with Crippen LogP contribution in [0, 0.1) is 0 Å². The fraction of sp³-hybridized carbons (Fsp3) is 0.278. The Morgan fingerprint density at radius 2 is 2.04 bits per heavy atom. The number of carbonyl (C=O) groups is 2. The van der Waals surface area contributed by atoms with Gasteiger partial charge >= 0.3 is 0 Å². The summed E-state index contributed by atoms with van der Waals surface area (Å²) in [6, 6.07) is 9.78. The fourth-order valence-corrected chi connectivity index (χ4v) is 2.68. The molecule has 0 N–H and O–H groups in total. The van der Waals surface area contributed by atoms with Crippen LogP contribution >= 0.6 is 0 Å². The molecule has 6 nitrogen and oxygen atoms in total. The first-order chi connectivity index (χ1) is 11.6. The molecule has 1 aliphatic rings. The zero-order chi connectivity index (χ0) is 17.1. The lowest BCUT2D eigenvalue weighted by molar-refractivity contribution is -0.121. The van der Waals surface area contributed by atoms with Crippen molar-refractivity contribution in [2.75, 3.05) is 18.1 Å². The number of fused-ring (bicyclic) bond motifs is 1. The first-order valence-corrected chi connectivity index (χ1v) is 7.86. The average molecular weight is 326 g/mol. The average Bonchev–Trinajstić information content (AvgIpc) is 2.59. The molecule has 1 aromatic carbocycles. The molecule has 0 aliphatic carbocycles. The highest BCUT2D eigenvalue weighted by Crippen LogP contribution is 2.33. The summed E-state index contributed by atoms with van der Waals surface area (Å²) in [5, 5.41) is 0. The zero-order valence-corrected chi connectivity index (χ0v) is 13.4. The van der Waals surface area contributed by atoms with Gasteiger partial charge < -0.3 is 14.2 Å². The van der Waals surface area contributed by atoms with Crippen LogP contribution in [0.3, 0.4) is 0 Å². The van der Waals surface area contributed by atoms with Crippen molar-refractivity contribution in [1.29, 1.82) is 0 Å². The molecule has 0 atom stereocenters. The first kappa shape index (κ1) is 16.0. The van der Waals surface area contributed by atoms with Crippen LogP contribution in [0.5, 0.6) is 5.75 Å². The minimum absolute atomic E-state index is 0.0136. The van der Waals surface area contributed by atoms with E-state index in [0.29, 0.717) is 23.5 Å². The van der Waals surface area contributed by atoms with Crippen molar-refractivity contribution in [2.24, 2.45) is 0 Å². The van der Waals surface area contributed by atoms with E-state index in [-0.39, 0.29) is 30.4 Å². The summed E-state index contributed by atoms with van der Waals surface area (Å²) < 4.78 is 6.78. The van der Waals surface area contributed by atoms with E-state index in [0.717, 1.165) is 6.42 Å². The van der Waals surface area contributed by atoms with Crippen LogP contribution in [-0.4, -0.2) is 29.4 Å². The SMILES string of the molecule is CCCN1C(=O)COc2ccc(C(=O)Cn3ccccc3=O)cc21. The Bertz CT molecular complexity index is 841. The maximum atomic E-state index is 12.5. The molecule has 1 aliphatic heterocycles. The number of amides is 1. The maximum absolute atomic E-state index is 12.5. The standard InChI is InChI=1S/C18H18N2O4/c1-2-8-20-14-10-13(6-7-16(14)24-12-18(20)23)15(21)11-19-9-4-3-5-17(19)22/h3-7,9-10H,2,8,11-12H2,1H3. The van der Waals surface area contributed by atoms with E-state index in [9.17, 15) is 14.4 Å². The summed E-state index contributed by atoms with van der Waals surface area (Å²) in [6.07, 6.45) is 2.39. The Hall–Kier alpha value is -2.89. The van der Waals surface area contributed by atoms with Crippen molar-refractivity contribution in [1.82, 2.24) is 4.57 Å². The molecule has 0 unspecified atom stereocenters. The molecule has 1 amide bonds. The number of rotatable bonds is 5. The number of pyridine rings is 1. The molecule has 0 spiro atoms. The van der Waals surface area contributed by atoms with E-state index in [2.05, 4.69) is 0 Å². The van der Waals surface area contributed by atoms with Crippen LogP contribution in [0.4, 0.5) is 5.69 Å². The number of benzene rings is 1. The number of hydrogen-bond donors (Lipinski definition) is 0. The Labute approximate surface area is 139 Å². The van der Waals surface area contributed by atoms with Crippen molar-refractivity contribution >= 4 is 17.4 Å². The predicted octanol–water partition coefficient (Wildman–Crippen LogP) is 1.87. The monoisotopic (exact) mass is 326 g/mol. The normalized spacial score (nSPS) is 13.4. The molecule has 1 aromatic heterocycles. The number of nitrogens with zero attached hydrogens (tertiary/aromatic N) is 2. The Morgan fingerprint density at radius 3 is 2.79 bits per heavy atom. The van der Waals surface area contributed by atoms with Crippen molar-refractivity contribution in [2.45, 2.75) is 19.9 Å². The number of aromatic nitrogens is 1. The topological polar surface area (TPSA) is 68.6 Å². The predicted molar refractivity (Wildman–Crippen MR) is 89.6 cm³/mol. The van der Waals surface area contributed by atoms with Gasteiger partial charge in [0.1, 0.15) is 5.75 Å². The third kappa shape index (κ3) is 3.08. The summed E-state index contributed by atoms with van der Waals surface area (Å²) in [7, 11) is 0. The third-order valence-electron chi connectivity index (χ3n) is 3.88. The molecule has 0 bridgehead atoms. The van der Waals surface area contributed by atoms with Gasteiger partial charge in [0.25, 0.3) is 11.5 Å². The zero-order valence-electron chi connectivity index (χ0n) is 13.4. The van der Waals surface area contributed by atoms with Gasteiger partial charge in [-0.3, -0.25) is 14.4 Å². The third-order valence-corrected chi connectivity index (χ3v) is 3.88. The molecule has 0 radical (unpaired) electrons. The van der Waals surface area contributed by atoms with Gasteiger partial charge in [0.15, 0.2) is 12.4 Å². The van der Waals surface area contributed by atoms with E-state index in [4.69, 9.17) is 4.74 Å². The van der Waals surface area contributed by atoms with Crippen molar-refractivity contribution in [3.05, 3.63) is 58.5 Å². The molecule has 2 heterocycles. The summed E-state index contributed by atoms with van der Waals surface area (Å²) in [5.41, 5.74) is 0.832. The van der Waals surface area contributed by atoms with E-state index in [1.807, 2.05) is 6.92 Å². The Kier molecular flexibility index (Phi) is 4.46. The number of hydrogen-bond acceptors (Lipinski definition) is 4. The highest BCUT2D eigenvalue weighted by Gasteiger charge is 2.25. The maximum Gasteiger partial charge on any atom is 0.265 e. The van der Waals surface area contributed by atoms with Gasteiger partial charge in [-0.25, -0.2) is 0 Å². The summed E-state index contributed by atoms with van der Waals surface area (Å²) >= 11 is 0. The van der Waals surface area contributed by atoms with Crippen molar-refractivity contribution in [3.8, 4) is 5.75 Å². The number of carbonyl (C=O) groups excluding carboxylic acids is 2. The molecule has 124 valence electrons. The summed E-state index contributed by atoms with van der Waals surface area (Å²) in [4.78, 5) is 37.9. The number of Topliss-reactive ketones (excluding diaryl/α,β-unsaturated/α-hetero) is 1. The minimum Gasteiger partial charge on any atom is -0.482 e. The van der Waals surface area contributed by atoms with Crippen LogP contribution in [0.25, 0.3) is 0 Å². The quantitative estimate of drug-likeness (QED) is 0.787. The number of ketones is 1. The van der Waals surface area contributed by atoms with Gasteiger partial charge in [0.05, 0.1) is 12.2 Å². The molecule has 0 saturated carbocycles. The van der Waals surface area contributed by atoms with Gasteiger partial charge in [-0.05, 0) is 30.7 Å². The van der Waals surface area contributed by atoms with Crippen LogP contribution in [0.15, 0.2) is 47.4 Å². The van der Waals surface area contributed by atoms with Gasteiger partial charge in [-0.2, -0.15) is 0 Å². The van der Waals surface area contributed by atoms with E-state index < -0.39 is 0 Å². The molecule has 3 rings (SSSR count). The smallest absolute Gasteiger partial charge is 0.265 e. The van der Waals surface area contributed by atoms with Gasteiger partial charge in [-0.1, -0.05) is 13.0 Å². The highest BCUT2D eigenvalue weighted by atomic mass is 16.5. The van der Waals surface area contributed by atoms with Crippen molar-refractivity contribution in [3.63, 3.8) is 0 Å². The molecule has 0 fully saturated rings. The van der Waals surface area contributed by atoms with Gasteiger partial charge in [0, 0.05) is 24.4 Å². The lowest BCUT2D eigenvalue weighted by Gasteiger charge is -2.29. The van der Waals surface area contributed by atoms with Crippen LogP contribution < -0.4 is 15.2 Å². The second-order valence-corrected chi connectivity index (χ2v) is 5.61. The minimum atomic E-state index is -0.227. The molecule has 6 heteroatoms. The largest absolute Gasteiger partial charge is 0.482 e. The van der Waals surface area contributed by atoms with Crippen molar-refractivity contribution < 1.29 is 14.3 Å². The second-order valence-electron chi connectivity index (χ2n) is 5.61. The number of ether oxygens (including phenoxy) is 1. The first-order valence-electron chi connectivity index (χ1n) is 7.86. The Morgan fingerprint density at radius 1 is 1.21 bits per heavy atom. The van der Waals surface area contributed by atoms with E-state index in [1.165, 1.54) is 10.6 Å². The molecule has 0 saturated heterocycles. The van der Waals surface area contributed by atoms with E-state index in [1.54, 1.807) is 41.4 Å². The lowest BCUT2D eigenvalue weighted by atomic mass is 10.1. The van der Waals surface area contributed by atoms with Gasteiger partial charge in [-0.15, -0.1) is 0 Å². The molecular formula is C18H18N2O4. The summed E-state index contributed by atoms with van der Waals surface area (Å²) in [5.74, 6) is 0.283. The van der Waals surface area contributed by atoms with Crippen LogP contribution in [0.1, 0.15) is 23.7 Å². The van der Waals surface area contributed by atoms with Crippen LogP contribution in [0.2, 0.25) is 0 Å². The molecule has 24 heavy (non-hydrogen) atoms. The second kappa shape index (κ2) is 6.70. The highest BCUT2D eigenvalue weighted by molar-refractivity contribution is 6.01. The number of anilines is 1. The van der Waals surface area contributed by atoms with E-state index >= 15 is 0 Å². The van der Waals surface area contributed by atoms with Crippen LogP contribution in [-0.2, 0) is 11.3 Å². The van der Waals surface area contributed by atoms with Gasteiger partial charge in [0.2, 0.25) is 0 Å². The Balaban J connectivity index is 1.90. The molecule has 2 aromatic rings.